The lowest BCUT2D eigenvalue weighted by molar-refractivity contribution is -0.120. The quantitative estimate of drug-likeness (QED) is 0.701. The van der Waals surface area contributed by atoms with Gasteiger partial charge in [0.05, 0.1) is 31.2 Å². The predicted octanol–water partition coefficient (Wildman–Crippen LogP) is 1.80. The molecule has 1 atom stereocenters. The van der Waals surface area contributed by atoms with Gasteiger partial charge in [-0.05, 0) is 36.8 Å². The number of nitrogens with one attached hydrogen (secondary N) is 1. The molecule has 2 aromatic carbocycles. The number of morpholine rings is 1. The summed E-state index contributed by atoms with van der Waals surface area (Å²) in [7, 11) is -3.71. The van der Waals surface area contributed by atoms with Crippen molar-refractivity contribution in [2.24, 2.45) is 0 Å². The summed E-state index contributed by atoms with van der Waals surface area (Å²) in [6.45, 7) is 3.53. The number of hydrogen-bond acceptors (Lipinski definition) is 5. The van der Waals surface area contributed by atoms with Crippen LogP contribution in [0.15, 0.2) is 54.6 Å². The van der Waals surface area contributed by atoms with E-state index in [4.69, 9.17) is 4.74 Å². The molecule has 166 valence electrons. The Morgan fingerprint density at radius 2 is 1.68 bits per heavy atom. The standard InChI is InChI=1S/C22H27N3O5S/c1-17(18-6-4-3-5-7-18)23-21(26)16-25(31(2,28)29)20-10-8-19(9-11-20)22(27)24-12-14-30-15-13-24/h3-11,17H,12-16H2,1-2H3,(H,23,26). The molecule has 1 unspecified atom stereocenters. The van der Waals surface area contributed by atoms with Crippen LogP contribution in [0.1, 0.15) is 28.9 Å². The van der Waals surface area contributed by atoms with Crippen molar-refractivity contribution in [2.45, 2.75) is 13.0 Å². The molecule has 1 aliphatic rings. The number of benzene rings is 2. The predicted molar refractivity (Wildman–Crippen MR) is 118 cm³/mol. The van der Waals surface area contributed by atoms with Crippen LogP contribution in [-0.2, 0) is 19.6 Å². The Morgan fingerprint density at radius 1 is 1.06 bits per heavy atom. The zero-order chi connectivity index (χ0) is 22.4. The topological polar surface area (TPSA) is 96.0 Å². The fraction of sp³-hybridized carbons (Fsp3) is 0.364. The molecule has 0 spiro atoms. The van der Waals surface area contributed by atoms with Crippen LogP contribution in [-0.4, -0.2) is 64.2 Å². The Morgan fingerprint density at radius 3 is 2.26 bits per heavy atom. The minimum absolute atomic E-state index is 0.129. The summed E-state index contributed by atoms with van der Waals surface area (Å²) in [6, 6.07) is 15.4. The molecule has 31 heavy (non-hydrogen) atoms. The summed E-state index contributed by atoms with van der Waals surface area (Å²) in [5, 5.41) is 2.82. The number of sulfonamides is 1. The minimum Gasteiger partial charge on any atom is -0.378 e. The zero-order valence-corrected chi connectivity index (χ0v) is 18.5. The van der Waals surface area contributed by atoms with Crippen molar-refractivity contribution in [3.8, 4) is 0 Å². The first-order valence-corrected chi connectivity index (χ1v) is 11.9. The lowest BCUT2D eigenvalue weighted by Crippen LogP contribution is -2.41. The van der Waals surface area contributed by atoms with Crippen molar-refractivity contribution in [1.29, 1.82) is 0 Å². The molecule has 0 radical (unpaired) electrons. The molecule has 2 aromatic rings. The monoisotopic (exact) mass is 445 g/mol. The van der Waals surface area contributed by atoms with Gasteiger partial charge in [0.1, 0.15) is 6.54 Å². The first kappa shape index (κ1) is 22.8. The van der Waals surface area contributed by atoms with Crippen LogP contribution in [0.5, 0.6) is 0 Å². The number of carbonyl (C=O) groups is 2. The number of nitrogens with zero attached hydrogens (tertiary/aromatic N) is 2. The van der Waals surface area contributed by atoms with E-state index in [9.17, 15) is 18.0 Å². The van der Waals surface area contributed by atoms with E-state index in [1.165, 1.54) is 0 Å². The summed E-state index contributed by atoms with van der Waals surface area (Å²) in [6.07, 6.45) is 1.05. The molecule has 1 fully saturated rings. The summed E-state index contributed by atoms with van der Waals surface area (Å²) in [4.78, 5) is 26.8. The van der Waals surface area contributed by atoms with Crippen molar-refractivity contribution in [3.05, 3.63) is 65.7 Å². The number of carbonyl (C=O) groups excluding carboxylic acids is 2. The normalized spacial score (nSPS) is 15.2. The molecular formula is C22H27N3O5S. The van der Waals surface area contributed by atoms with E-state index in [1.54, 1.807) is 29.2 Å². The molecule has 9 heteroatoms. The molecule has 1 saturated heterocycles. The number of rotatable bonds is 7. The second-order valence-electron chi connectivity index (χ2n) is 7.42. The van der Waals surface area contributed by atoms with Crippen LogP contribution in [0.25, 0.3) is 0 Å². The van der Waals surface area contributed by atoms with Gasteiger partial charge in [-0.2, -0.15) is 0 Å². The van der Waals surface area contributed by atoms with Crippen molar-refractivity contribution >= 4 is 27.5 Å². The Labute approximate surface area is 182 Å². The van der Waals surface area contributed by atoms with Gasteiger partial charge in [-0.3, -0.25) is 13.9 Å². The van der Waals surface area contributed by atoms with Gasteiger partial charge >= 0.3 is 0 Å². The maximum Gasteiger partial charge on any atom is 0.254 e. The number of hydrogen-bond donors (Lipinski definition) is 1. The van der Waals surface area contributed by atoms with E-state index in [0.717, 1.165) is 16.1 Å². The average Bonchev–Trinajstić information content (AvgIpc) is 2.77. The highest BCUT2D eigenvalue weighted by Crippen LogP contribution is 2.20. The van der Waals surface area contributed by atoms with E-state index in [0.29, 0.717) is 37.6 Å². The van der Waals surface area contributed by atoms with E-state index in [2.05, 4.69) is 5.32 Å². The minimum atomic E-state index is -3.71. The second-order valence-corrected chi connectivity index (χ2v) is 9.33. The molecule has 3 rings (SSSR count). The molecule has 0 aromatic heterocycles. The molecule has 0 saturated carbocycles. The summed E-state index contributed by atoms with van der Waals surface area (Å²) >= 11 is 0. The molecule has 0 aliphatic carbocycles. The van der Waals surface area contributed by atoms with Gasteiger partial charge in [0.25, 0.3) is 5.91 Å². The number of amides is 2. The number of anilines is 1. The van der Waals surface area contributed by atoms with Crippen LogP contribution in [0.3, 0.4) is 0 Å². The summed E-state index contributed by atoms with van der Waals surface area (Å²) < 4.78 is 31.0. The highest BCUT2D eigenvalue weighted by atomic mass is 32.2. The van der Waals surface area contributed by atoms with E-state index in [1.807, 2.05) is 37.3 Å². The molecule has 0 bridgehead atoms. The third kappa shape index (κ3) is 6.05. The van der Waals surface area contributed by atoms with Crippen LogP contribution >= 0.6 is 0 Å². The van der Waals surface area contributed by atoms with Gasteiger partial charge in [0.15, 0.2) is 0 Å². The lowest BCUT2D eigenvalue weighted by atomic mass is 10.1. The molecule has 1 heterocycles. The maximum atomic E-state index is 12.6. The van der Waals surface area contributed by atoms with Crippen LogP contribution in [0.2, 0.25) is 0 Å². The molecule has 2 amide bonds. The van der Waals surface area contributed by atoms with Crippen LogP contribution < -0.4 is 9.62 Å². The molecular weight excluding hydrogens is 418 g/mol. The van der Waals surface area contributed by atoms with Gasteiger partial charge in [-0.1, -0.05) is 30.3 Å². The first-order chi connectivity index (χ1) is 14.8. The van der Waals surface area contributed by atoms with E-state index in [-0.39, 0.29) is 18.5 Å². The van der Waals surface area contributed by atoms with Gasteiger partial charge in [-0.15, -0.1) is 0 Å². The SMILES string of the molecule is CC(NC(=O)CN(c1ccc(C(=O)N2CCOCC2)cc1)S(C)(=O)=O)c1ccccc1. The Kier molecular flexibility index (Phi) is 7.29. The van der Waals surface area contributed by atoms with Crippen molar-refractivity contribution in [2.75, 3.05) is 43.4 Å². The van der Waals surface area contributed by atoms with Gasteiger partial charge in [0, 0.05) is 18.7 Å². The van der Waals surface area contributed by atoms with Crippen molar-refractivity contribution < 1.29 is 22.7 Å². The van der Waals surface area contributed by atoms with E-state index < -0.39 is 15.9 Å². The largest absolute Gasteiger partial charge is 0.378 e. The van der Waals surface area contributed by atoms with Crippen molar-refractivity contribution in [1.82, 2.24) is 10.2 Å². The third-order valence-corrected chi connectivity index (χ3v) is 6.21. The van der Waals surface area contributed by atoms with Crippen LogP contribution in [0, 0.1) is 0 Å². The Hall–Kier alpha value is -2.91. The summed E-state index contributed by atoms with van der Waals surface area (Å²) in [5.74, 6) is -0.551. The molecule has 8 nitrogen and oxygen atoms in total. The highest BCUT2D eigenvalue weighted by Gasteiger charge is 2.23. The van der Waals surface area contributed by atoms with Gasteiger partial charge < -0.3 is 15.0 Å². The third-order valence-electron chi connectivity index (χ3n) is 5.07. The first-order valence-electron chi connectivity index (χ1n) is 10.0. The molecule has 1 aliphatic heterocycles. The summed E-state index contributed by atoms with van der Waals surface area (Å²) in [5.41, 5.74) is 1.71. The highest BCUT2D eigenvalue weighted by molar-refractivity contribution is 7.92. The van der Waals surface area contributed by atoms with Gasteiger partial charge in [-0.25, -0.2) is 8.42 Å². The fourth-order valence-corrected chi connectivity index (χ4v) is 4.22. The Bertz CT molecular complexity index is 1000. The van der Waals surface area contributed by atoms with Crippen LogP contribution in [0.4, 0.5) is 5.69 Å². The van der Waals surface area contributed by atoms with Gasteiger partial charge in [0.2, 0.25) is 15.9 Å². The average molecular weight is 446 g/mol. The smallest absolute Gasteiger partial charge is 0.254 e. The Balaban J connectivity index is 1.70. The lowest BCUT2D eigenvalue weighted by Gasteiger charge is -2.27. The maximum absolute atomic E-state index is 12.6. The number of ether oxygens (including phenoxy) is 1. The van der Waals surface area contributed by atoms with E-state index >= 15 is 0 Å². The fourth-order valence-electron chi connectivity index (χ4n) is 3.36. The second kappa shape index (κ2) is 9.93. The van der Waals surface area contributed by atoms with Crippen molar-refractivity contribution in [3.63, 3.8) is 0 Å². The molecule has 1 N–H and O–H groups in total. The zero-order valence-electron chi connectivity index (χ0n) is 17.7.